The molecule has 2 amide bonds. The van der Waals surface area contributed by atoms with Gasteiger partial charge < -0.3 is 15.0 Å². The molecule has 0 bridgehead atoms. The highest BCUT2D eigenvalue weighted by Gasteiger charge is 2.36. The van der Waals surface area contributed by atoms with E-state index in [1.165, 1.54) is 4.90 Å². The van der Waals surface area contributed by atoms with Gasteiger partial charge in [-0.2, -0.15) is 0 Å². The first kappa shape index (κ1) is 22.6. The lowest BCUT2D eigenvalue weighted by atomic mass is 10.1. The highest BCUT2D eigenvalue weighted by molar-refractivity contribution is 9.10. The summed E-state index contributed by atoms with van der Waals surface area (Å²) in [5.74, 6) is -1.92. The molecule has 1 aliphatic rings. The summed E-state index contributed by atoms with van der Waals surface area (Å²) in [5, 5.41) is 3.67. The van der Waals surface area contributed by atoms with E-state index < -0.39 is 24.4 Å². The van der Waals surface area contributed by atoms with E-state index in [9.17, 15) is 14.4 Å². The number of nitrogens with zero attached hydrogens (tertiary/aromatic N) is 1. The number of halogens is 3. The summed E-state index contributed by atoms with van der Waals surface area (Å²) in [5.41, 5.74) is 2.87. The Morgan fingerprint density at radius 3 is 2.60 bits per heavy atom. The molecule has 0 aromatic heterocycles. The van der Waals surface area contributed by atoms with E-state index in [2.05, 4.69) is 21.2 Å². The molecule has 0 unspecified atom stereocenters. The largest absolute Gasteiger partial charge is 0.455 e. The van der Waals surface area contributed by atoms with E-state index in [4.69, 9.17) is 27.9 Å². The van der Waals surface area contributed by atoms with Gasteiger partial charge in [0.1, 0.15) is 0 Å². The minimum absolute atomic E-state index is 0.0212. The van der Waals surface area contributed by atoms with Gasteiger partial charge in [-0.3, -0.25) is 14.4 Å². The van der Waals surface area contributed by atoms with Crippen LogP contribution in [0.2, 0.25) is 10.0 Å². The molecular weight excluding hydrogens is 495 g/mol. The number of rotatable bonds is 5. The van der Waals surface area contributed by atoms with Crippen molar-refractivity contribution in [3.05, 3.63) is 56.0 Å². The first-order chi connectivity index (χ1) is 14.2. The molecule has 1 fully saturated rings. The molecule has 0 radical (unpaired) electrons. The summed E-state index contributed by atoms with van der Waals surface area (Å²) in [7, 11) is 0. The van der Waals surface area contributed by atoms with Crippen molar-refractivity contribution in [2.24, 2.45) is 5.92 Å². The molecule has 6 nitrogen and oxygen atoms in total. The molecule has 1 saturated heterocycles. The molecule has 0 aliphatic carbocycles. The number of carbonyl (C=O) groups is 3. The Balaban J connectivity index is 1.56. The molecule has 9 heteroatoms. The zero-order valence-electron chi connectivity index (χ0n) is 16.3. The number of benzene rings is 2. The summed E-state index contributed by atoms with van der Waals surface area (Å²) in [6.07, 6.45) is 0.0212. The summed E-state index contributed by atoms with van der Waals surface area (Å²) in [4.78, 5) is 38.4. The Morgan fingerprint density at radius 1 is 1.17 bits per heavy atom. The molecule has 2 aromatic rings. The van der Waals surface area contributed by atoms with Crippen molar-refractivity contribution >= 4 is 68.3 Å². The second kappa shape index (κ2) is 9.37. The van der Waals surface area contributed by atoms with Gasteiger partial charge in [-0.1, -0.05) is 29.3 Å². The summed E-state index contributed by atoms with van der Waals surface area (Å²) in [6.45, 7) is 3.42. The summed E-state index contributed by atoms with van der Waals surface area (Å²) in [6, 6.07) is 8.69. The lowest BCUT2D eigenvalue weighted by molar-refractivity contribution is -0.151. The van der Waals surface area contributed by atoms with Crippen molar-refractivity contribution in [3.8, 4) is 0 Å². The molecule has 2 aromatic carbocycles. The minimum Gasteiger partial charge on any atom is -0.455 e. The van der Waals surface area contributed by atoms with E-state index in [0.717, 1.165) is 15.6 Å². The minimum atomic E-state index is -0.644. The lowest BCUT2D eigenvalue weighted by Gasteiger charge is -2.17. The molecule has 1 atom stereocenters. The Bertz CT molecular complexity index is 1030. The SMILES string of the molecule is Cc1ccc(N2C[C@H](C(=O)OCC(=O)Nc3cc(Cl)c(Br)cc3C)CC2=O)cc1Cl. The van der Waals surface area contributed by atoms with Gasteiger partial charge in [-0.25, -0.2) is 0 Å². The van der Waals surface area contributed by atoms with Crippen LogP contribution in [0.3, 0.4) is 0 Å². The molecule has 0 spiro atoms. The van der Waals surface area contributed by atoms with Crippen LogP contribution < -0.4 is 10.2 Å². The predicted octanol–water partition coefficient (Wildman–Crippen LogP) is 4.91. The number of carbonyl (C=O) groups excluding carboxylic acids is 3. The first-order valence-electron chi connectivity index (χ1n) is 9.14. The van der Waals surface area contributed by atoms with Crippen LogP contribution in [0.25, 0.3) is 0 Å². The Morgan fingerprint density at radius 2 is 1.90 bits per heavy atom. The van der Waals surface area contributed by atoms with Crippen LogP contribution in [-0.2, 0) is 19.1 Å². The van der Waals surface area contributed by atoms with Crippen LogP contribution in [0, 0.1) is 19.8 Å². The average molecular weight is 514 g/mol. The van der Waals surface area contributed by atoms with Gasteiger partial charge >= 0.3 is 5.97 Å². The highest BCUT2D eigenvalue weighted by atomic mass is 79.9. The van der Waals surface area contributed by atoms with Crippen LogP contribution >= 0.6 is 39.1 Å². The normalized spacial score (nSPS) is 16.0. The van der Waals surface area contributed by atoms with Crippen molar-refractivity contribution in [2.75, 3.05) is 23.4 Å². The average Bonchev–Trinajstić information content (AvgIpc) is 3.08. The van der Waals surface area contributed by atoms with E-state index in [-0.39, 0.29) is 18.9 Å². The Kier molecular flexibility index (Phi) is 7.06. The standard InChI is InChI=1S/C21H19BrCl2N2O4/c1-11-3-4-14(7-16(11)23)26-9-13(6-20(26)28)21(29)30-10-19(27)25-18-8-17(24)15(22)5-12(18)2/h3-5,7-8,13H,6,9-10H2,1-2H3,(H,25,27)/t13-/m1/s1. The number of aryl methyl sites for hydroxylation is 2. The van der Waals surface area contributed by atoms with Crippen LogP contribution in [0.1, 0.15) is 17.5 Å². The Hall–Kier alpha value is -2.09. The molecule has 1 N–H and O–H groups in total. The number of anilines is 2. The van der Waals surface area contributed by atoms with Crippen molar-refractivity contribution in [1.29, 1.82) is 0 Å². The van der Waals surface area contributed by atoms with E-state index >= 15 is 0 Å². The quantitative estimate of drug-likeness (QED) is 0.576. The van der Waals surface area contributed by atoms with Crippen molar-refractivity contribution in [1.82, 2.24) is 0 Å². The van der Waals surface area contributed by atoms with Crippen LogP contribution in [-0.4, -0.2) is 30.9 Å². The molecule has 1 aliphatic heterocycles. The topological polar surface area (TPSA) is 75.7 Å². The third kappa shape index (κ3) is 5.14. The van der Waals surface area contributed by atoms with Crippen LogP contribution in [0.15, 0.2) is 34.8 Å². The number of nitrogens with one attached hydrogen (secondary N) is 1. The maximum absolute atomic E-state index is 12.4. The maximum atomic E-state index is 12.4. The summed E-state index contributed by atoms with van der Waals surface area (Å²) >= 11 is 15.5. The van der Waals surface area contributed by atoms with Crippen LogP contribution in [0.5, 0.6) is 0 Å². The first-order valence-corrected chi connectivity index (χ1v) is 10.7. The fourth-order valence-electron chi connectivity index (χ4n) is 3.09. The molecular formula is C21H19BrCl2N2O4. The van der Waals surface area contributed by atoms with Crippen molar-refractivity contribution in [2.45, 2.75) is 20.3 Å². The van der Waals surface area contributed by atoms with Gasteiger partial charge in [0, 0.05) is 33.8 Å². The van der Waals surface area contributed by atoms with Crippen molar-refractivity contribution in [3.63, 3.8) is 0 Å². The van der Waals surface area contributed by atoms with E-state index in [1.807, 2.05) is 19.9 Å². The van der Waals surface area contributed by atoms with Gasteiger partial charge in [-0.15, -0.1) is 0 Å². The zero-order chi connectivity index (χ0) is 22.0. The smallest absolute Gasteiger partial charge is 0.311 e. The molecule has 30 heavy (non-hydrogen) atoms. The fourth-order valence-corrected chi connectivity index (χ4v) is 3.88. The predicted molar refractivity (Wildman–Crippen MR) is 120 cm³/mol. The van der Waals surface area contributed by atoms with E-state index in [1.54, 1.807) is 24.3 Å². The monoisotopic (exact) mass is 512 g/mol. The molecule has 3 rings (SSSR count). The highest BCUT2D eigenvalue weighted by Crippen LogP contribution is 2.30. The second-order valence-corrected chi connectivity index (χ2v) is 8.74. The van der Waals surface area contributed by atoms with Crippen molar-refractivity contribution < 1.29 is 19.1 Å². The van der Waals surface area contributed by atoms with Gasteiger partial charge in [0.2, 0.25) is 5.91 Å². The third-order valence-corrected chi connectivity index (χ3v) is 6.42. The molecule has 1 heterocycles. The van der Waals surface area contributed by atoms with Gasteiger partial charge in [0.25, 0.3) is 5.91 Å². The summed E-state index contributed by atoms with van der Waals surface area (Å²) < 4.78 is 5.85. The second-order valence-electron chi connectivity index (χ2n) is 7.08. The number of amides is 2. The molecule has 0 saturated carbocycles. The third-order valence-electron chi connectivity index (χ3n) is 4.81. The zero-order valence-corrected chi connectivity index (χ0v) is 19.4. The van der Waals surface area contributed by atoms with Crippen LogP contribution in [0.4, 0.5) is 11.4 Å². The number of esters is 1. The van der Waals surface area contributed by atoms with E-state index in [0.29, 0.717) is 21.4 Å². The number of hydrogen-bond donors (Lipinski definition) is 1. The van der Waals surface area contributed by atoms with Gasteiger partial charge in [-0.05, 0) is 65.2 Å². The van der Waals surface area contributed by atoms with Gasteiger partial charge in [0.05, 0.1) is 10.9 Å². The number of hydrogen-bond acceptors (Lipinski definition) is 4. The fraction of sp³-hybridized carbons (Fsp3) is 0.286. The maximum Gasteiger partial charge on any atom is 0.311 e. The molecule has 158 valence electrons. The lowest BCUT2D eigenvalue weighted by Crippen LogP contribution is -2.28. The number of ether oxygens (including phenoxy) is 1. The Labute approximate surface area is 192 Å². The van der Waals surface area contributed by atoms with Gasteiger partial charge in [0.15, 0.2) is 6.61 Å².